The van der Waals surface area contributed by atoms with Gasteiger partial charge in [0.15, 0.2) is 11.5 Å². The number of ether oxygens (including phenoxy) is 3. The predicted octanol–water partition coefficient (Wildman–Crippen LogP) is -1.21. The third-order valence-electron chi connectivity index (χ3n) is 16.2. The highest BCUT2D eigenvalue weighted by Crippen LogP contribution is 2.33. The normalized spacial score (nSPS) is 24.9. The van der Waals surface area contributed by atoms with Crippen LogP contribution >= 0.6 is 11.3 Å². The number of phenolic OH excluding ortho intramolecular Hbond substituents is 1. The van der Waals surface area contributed by atoms with Crippen LogP contribution in [0, 0.1) is 5.92 Å². The number of β-amino-alcohol motifs (C(OH)–C–C–N with tert-alkyl or cyclic N) is 1. The van der Waals surface area contributed by atoms with E-state index >= 15 is 0 Å². The summed E-state index contributed by atoms with van der Waals surface area (Å²) in [6, 6.07) is 6.85. The SMILES string of the molecule is COCCCCCCCOc1ccc(-c2nnc(-c3ccc(C(=O)NC4C[C@@H](O)CNC(=O)[C@@H]5[C@@H](O)[C@@H](C)CN5C(=O)[C@H]([C@H](O)CCN)NC(=O)[C@H]([C@H](O)Cc5ccc(O)c(OCCN(C)C)c5)NC(=O)[C@@H]5C[C@@H](O)CN5C(=O)[C@H]([C@@H](C)O)NC4=O)cc3)s2)cc1. The first-order valence-electron chi connectivity index (χ1n) is 30.6. The van der Waals surface area contributed by atoms with Gasteiger partial charge in [0.1, 0.15) is 58.6 Å². The fraction of sp³-hybridized carbons (Fsp3) is 0.565. The number of unbranched alkanes of at least 4 members (excludes halogenated alkanes) is 4. The zero-order chi connectivity index (χ0) is 66.1. The molecule has 13 atom stereocenters. The molecule has 4 aromatic rings. The Bertz CT molecular complexity index is 3090. The van der Waals surface area contributed by atoms with E-state index in [2.05, 4.69) is 36.8 Å². The van der Waals surface area contributed by atoms with Crippen LogP contribution in [0.4, 0.5) is 0 Å². The molecule has 0 radical (unpaired) electrons. The summed E-state index contributed by atoms with van der Waals surface area (Å²) in [7, 11) is 5.33. The number of likely N-dealkylation sites (N-methyl/N-ethyl adjacent to an activating group) is 1. The second-order valence-corrected chi connectivity index (χ2v) is 24.6. The Morgan fingerprint density at radius 2 is 1.36 bits per heavy atom. The fourth-order valence-corrected chi connectivity index (χ4v) is 11.8. The van der Waals surface area contributed by atoms with Gasteiger partial charge in [0, 0.05) is 81.8 Å². The molecule has 4 heterocycles. The molecular formula is C62H87N11O17S. The molecule has 14 N–H and O–H groups in total. The van der Waals surface area contributed by atoms with Crippen molar-refractivity contribution < 1.29 is 83.5 Å². The van der Waals surface area contributed by atoms with E-state index in [1.54, 1.807) is 19.2 Å². The number of carbonyl (C=O) groups excluding carboxylic acids is 7. The van der Waals surface area contributed by atoms with E-state index < -0.39 is 152 Å². The van der Waals surface area contributed by atoms with Crippen LogP contribution in [0.1, 0.15) is 81.1 Å². The molecule has 3 aliphatic heterocycles. The number of benzene rings is 3. The highest BCUT2D eigenvalue weighted by atomic mass is 32.1. The van der Waals surface area contributed by atoms with E-state index in [1.165, 1.54) is 48.6 Å². The third kappa shape index (κ3) is 19.3. The van der Waals surface area contributed by atoms with E-state index in [1.807, 2.05) is 43.3 Å². The van der Waals surface area contributed by atoms with Gasteiger partial charge in [-0.1, -0.05) is 55.7 Å². The molecule has 91 heavy (non-hydrogen) atoms. The van der Waals surface area contributed by atoms with Crippen molar-refractivity contribution in [3.63, 3.8) is 0 Å². The number of aliphatic hydroxyl groups excluding tert-OH is 6. The first-order chi connectivity index (χ1) is 43.5. The van der Waals surface area contributed by atoms with Crippen molar-refractivity contribution in [1.29, 1.82) is 0 Å². The van der Waals surface area contributed by atoms with Crippen molar-refractivity contribution in [3.8, 4) is 38.4 Å². The van der Waals surface area contributed by atoms with Gasteiger partial charge in [-0.2, -0.15) is 0 Å². The summed E-state index contributed by atoms with van der Waals surface area (Å²) in [5, 5.41) is 102. The number of aromatic hydroxyl groups is 1. The largest absolute Gasteiger partial charge is 0.504 e. The molecule has 0 bridgehead atoms. The molecule has 3 saturated heterocycles. The van der Waals surface area contributed by atoms with Gasteiger partial charge in [0.05, 0.1) is 43.2 Å². The van der Waals surface area contributed by atoms with Gasteiger partial charge in [-0.05, 0) is 101 Å². The summed E-state index contributed by atoms with van der Waals surface area (Å²) in [6.07, 6.45) is -6.54. The highest BCUT2D eigenvalue weighted by Gasteiger charge is 2.50. The predicted molar refractivity (Wildman–Crippen MR) is 332 cm³/mol. The summed E-state index contributed by atoms with van der Waals surface area (Å²) in [4.78, 5) is 105. The van der Waals surface area contributed by atoms with Gasteiger partial charge in [-0.3, -0.25) is 33.6 Å². The number of phenols is 1. The lowest BCUT2D eigenvalue weighted by Gasteiger charge is -2.34. The first-order valence-corrected chi connectivity index (χ1v) is 31.4. The van der Waals surface area contributed by atoms with Crippen LogP contribution < -0.4 is 41.8 Å². The minimum atomic E-state index is -2.03. The van der Waals surface area contributed by atoms with Crippen LogP contribution in [0.25, 0.3) is 21.1 Å². The smallest absolute Gasteiger partial charge is 0.251 e. The zero-order valence-corrected chi connectivity index (χ0v) is 52.6. The van der Waals surface area contributed by atoms with Crippen LogP contribution in [0.15, 0.2) is 66.7 Å². The van der Waals surface area contributed by atoms with Gasteiger partial charge in [0.25, 0.3) is 5.91 Å². The number of nitrogens with two attached hydrogens (primary N) is 1. The van der Waals surface area contributed by atoms with Crippen LogP contribution in [0.5, 0.6) is 17.2 Å². The van der Waals surface area contributed by atoms with Gasteiger partial charge < -0.3 is 97.0 Å². The van der Waals surface area contributed by atoms with Crippen molar-refractivity contribution in [2.45, 2.75) is 145 Å². The number of aliphatic hydroxyl groups is 6. The molecule has 498 valence electrons. The zero-order valence-electron chi connectivity index (χ0n) is 51.8. The lowest BCUT2D eigenvalue weighted by atomic mass is 9.98. The average Bonchev–Trinajstić information content (AvgIpc) is 2.22. The number of rotatable bonds is 24. The van der Waals surface area contributed by atoms with Crippen molar-refractivity contribution in [2.75, 3.05) is 73.7 Å². The number of amides is 7. The summed E-state index contributed by atoms with van der Waals surface area (Å²) in [5.74, 6) is -7.79. The second-order valence-electron chi connectivity index (χ2n) is 23.7. The summed E-state index contributed by atoms with van der Waals surface area (Å²) in [5.41, 5.74) is 7.55. The number of nitrogens with zero attached hydrogens (tertiary/aromatic N) is 5. The molecular weight excluding hydrogens is 1200 g/mol. The Kier molecular flexibility index (Phi) is 26.3. The van der Waals surface area contributed by atoms with E-state index in [9.17, 15) is 69.3 Å². The molecule has 3 aromatic carbocycles. The van der Waals surface area contributed by atoms with Gasteiger partial charge in [-0.15, -0.1) is 10.2 Å². The topological polar surface area (TPSA) is 410 Å². The van der Waals surface area contributed by atoms with Gasteiger partial charge in [-0.25, -0.2) is 0 Å². The summed E-state index contributed by atoms with van der Waals surface area (Å²) >= 11 is 1.31. The molecule has 0 aliphatic carbocycles. The Labute approximate surface area is 531 Å². The number of hydrogen-bond donors (Lipinski definition) is 13. The van der Waals surface area contributed by atoms with E-state index in [-0.39, 0.29) is 48.7 Å². The van der Waals surface area contributed by atoms with Crippen molar-refractivity contribution >= 4 is 52.7 Å². The van der Waals surface area contributed by atoms with E-state index in [0.717, 1.165) is 66.7 Å². The maximum Gasteiger partial charge on any atom is 0.251 e. The third-order valence-corrected chi connectivity index (χ3v) is 17.2. The van der Waals surface area contributed by atoms with E-state index in [4.69, 9.17) is 19.9 Å². The number of aromatic nitrogens is 2. The van der Waals surface area contributed by atoms with Crippen LogP contribution in [-0.4, -0.2) is 249 Å². The first kappa shape index (κ1) is 71.0. The van der Waals surface area contributed by atoms with Crippen molar-refractivity contribution in [3.05, 3.63) is 77.9 Å². The van der Waals surface area contributed by atoms with Crippen LogP contribution in [0.2, 0.25) is 0 Å². The number of hydrogen-bond acceptors (Lipinski definition) is 22. The Hall–Kier alpha value is -7.45. The number of fused-ring (bicyclic) bond motifs is 2. The summed E-state index contributed by atoms with van der Waals surface area (Å²) < 4.78 is 16.8. The molecule has 29 heteroatoms. The van der Waals surface area contributed by atoms with Crippen LogP contribution in [-0.2, 0) is 39.9 Å². The minimum Gasteiger partial charge on any atom is -0.504 e. The number of methoxy groups -OCH3 is 1. The molecule has 7 rings (SSSR count). The second kappa shape index (κ2) is 33.7. The minimum absolute atomic E-state index is 0.0294. The Morgan fingerprint density at radius 3 is 2.01 bits per heavy atom. The quantitative estimate of drug-likeness (QED) is 0.0366. The maximum absolute atomic E-state index is 14.7. The molecule has 7 amide bonds. The molecule has 0 saturated carbocycles. The lowest BCUT2D eigenvalue weighted by Crippen LogP contribution is -2.64. The highest BCUT2D eigenvalue weighted by molar-refractivity contribution is 7.17. The van der Waals surface area contributed by atoms with Crippen LogP contribution in [0.3, 0.4) is 0 Å². The summed E-state index contributed by atoms with van der Waals surface area (Å²) in [6.45, 7) is 2.99. The Balaban J connectivity index is 1.14. The molecule has 0 spiro atoms. The molecule has 1 unspecified atom stereocenters. The Morgan fingerprint density at radius 1 is 0.736 bits per heavy atom. The monoisotopic (exact) mass is 1290 g/mol. The van der Waals surface area contributed by atoms with Gasteiger partial charge >= 0.3 is 0 Å². The lowest BCUT2D eigenvalue weighted by molar-refractivity contribution is -0.147. The molecule has 3 fully saturated rings. The number of nitrogens with one attached hydrogen (secondary N) is 5. The maximum atomic E-state index is 14.7. The average molecular weight is 1290 g/mol. The number of carbonyl (C=O) groups is 7. The fourth-order valence-electron chi connectivity index (χ4n) is 11.0. The molecule has 3 aliphatic rings. The molecule has 1 aromatic heterocycles. The van der Waals surface area contributed by atoms with Gasteiger partial charge in [0.2, 0.25) is 35.4 Å². The van der Waals surface area contributed by atoms with Crippen molar-refractivity contribution in [1.82, 2.24) is 51.5 Å². The van der Waals surface area contributed by atoms with E-state index in [0.29, 0.717) is 28.7 Å². The standard InChI is InChI=1S/C62H87N11O17S/c1-34-32-73-52(53(34)80)58(85)64-31-40(75)29-43(65-54(81)37-12-14-38(15-13-37)59-69-70-60(91-59)39-16-18-42(19-17-39)89-25-10-8-6-7-9-24-88-5)55(82)66-49(35(2)74)61(86)72-33-41(76)30-44(72)56(83)67-50(57(84)68-51(62(73)87)46(78)21-22-63)47(79)27-36-11-20-45(77)48(28-36)90-26-23-71(3)4/h11-20,28,34-35,40-41,43-44,46-47,49-53,74-80H,6-10,21-27,29-33,63H2,1-5H3,(H,64,85)(H,65,81)(H,66,82)(H,67,83)(H,68,84)/t34-,35+,40+,41+,43?,44-,46+,47+,49-,50-,51-,52-,53-/m0/s1. The molecule has 28 nitrogen and oxygen atoms in total. The van der Waals surface area contributed by atoms with Crippen molar-refractivity contribution in [2.24, 2.45) is 11.7 Å².